The van der Waals surface area contributed by atoms with E-state index >= 15 is 0 Å². The first-order valence-electron chi connectivity index (χ1n) is 8.15. The average Bonchev–Trinajstić information content (AvgIpc) is 2.52. The van der Waals surface area contributed by atoms with Gasteiger partial charge in [-0.2, -0.15) is 0 Å². The van der Waals surface area contributed by atoms with Gasteiger partial charge in [0.2, 0.25) is 0 Å². The van der Waals surface area contributed by atoms with Gasteiger partial charge in [-0.25, -0.2) is 0 Å². The van der Waals surface area contributed by atoms with Gasteiger partial charge in [0.25, 0.3) is 0 Å². The van der Waals surface area contributed by atoms with Crippen molar-refractivity contribution in [3.05, 3.63) is 35.4 Å². The molecule has 0 bridgehead atoms. The summed E-state index contributed by atoms with van der Waals surface area (Å²) < 4.78 is 11.9. The zero-order valence-corrected chi connectivity index (χ0v) is 12.9. The van der Waals surface area contributed by atoms with Crippen LogP contribution in [0.1, 0.15) is 63.2 Å². The fraction of sp³-hybridized carbons (Fsp3) is 0.667. The highest BCUT2D eigenvalue weighted by Gasteiger charge is 2.22. The molecule has 2 nitrogen and oxygen atoms in total. The van der Waals surface area contributed by atoms with Crippen LogP contribution in [-0.2, 0) is 15.9 Å². The zero-order valence-electron chi connectivity index (χ0n) is 12.9. The first-order valence-corrected chi connectivity index (χ1v) is 8.15. The first-order chi connectivity index (χ1) is 9.83. The molecule has 1 aliphatic rings. The number of ether oxygens (including phenoxy) is 2. The number of unbranched alkanes of at least 4 members (excludes halogenated alkanes) is 2. The van der Waals surface area contributed by atoms with Crippen molar-refractivity contribution in [3.63, 3.8) is 0 Å². The Morgan fingerprint density at radius 3 is 2.30 bits per heavy atom. The lowest BCUT2D eigenvalue weighted by Crippen LogP contribution is -2.31. The third-order valence-corrected chi connectivity index (χ3v) is 4.02. The predicted octanol–water partition coefficient (Wildman–Crippen LogP) is 4.68. The fourth-order valence-corrected chi connectivity index (χ4v) is 2.61. The van der Waals surface area contributed by atoms with E-state index in [2.05, 4.69) is 38.1 Å². The second-order valence-corrected chi connectivity index (χ2v) is 5.76. The molecule has 1 aromatic carbocycles. The molecule has 1 saturated heterocycles. The van der Waals surface area contributed by atoms with Crippen LogP contribution >= 0.6 is 0 Å². The van der Waals surface area contributed by atoms with E-state index < -0.39 is 0 Å². The Balaban J connectivity index is 1.81. The summed E-state index contributed by atoms with van der Waals surface area (Å²) in [6.45, 7) is 5.88. The van der Waals surface area contributed by atoms with Gasteiger partial charge in [0, 0.05) is 0 Å². The highest BCUT2D eigenvalue weighted by Crippen LogP contribution is 2.25. The van der Waals surface area contributed by atoms with Crippen molar-refractivity contribution in [1.82, 2.24) is 0 Å². The maximum Gasteiger partial charge on any atom is 0.106 e. The van der Waals surface area contributed by atoms with Crippen molar-refractivity contribution in [1.29, 1.82) is 0 Å². The van der Waals surface area contributed by atoms with E-state index in [1.54, 1.807) is 0 Å². The van der Waals surface area contributed by atoms with Gasteiger partial charge >= 0.3 is 0 Å². The van der Waals surface area contributed by atoms with Crippen LogP contribution in [0, 0.1) is 0 Å². The average molecular weight is 276 g/mol. The smallest absolute Gasteiger partial charge is 0.106 e. The quantitative estimate of drug-likeness (QED) is 0.720. The molecular formula is C18H28O2. The van der Waals surface area contributed by atoms with E-state index in [-0.39, 0.29) is 6.10 Å². The minimum atomic E-state index is 0.119. The monoisotopic (exact) mass is 276 g/mol. The summed E-state index contributed by atoms with van der Waals surface area (Å²) in [5.41, 5.74) is 2.67. The molecule has 1 aromatic rings. The minimum Gasteiger partial charge on any atom is -0.373 e. The van der Waals surface area contributed by atoms with Crippen molar-refractivity contribution in [2.45, 2.75) is 64.6 Å². The third kappa shape index (κ3) is 4.60. The van der Waals surface area contributed by atoms with Crippen LogP contribution in [0.2, 0.25) is 0 Å². The van der Waals surface area contributed by atoms with E-state index in [9.17, 15) is 0 Å². The number of hydrogen-bond acceptors (Lipinski definition) is 2. The lowest BCUT2D eigenvalue weighted by atomic mass is 10.0. The van der Waals surface area contributed by atoms with Crippen molar-refractivity contribution in [2.24, 2.45) is 0 Å². The van der Waals surface area contributed by atoms with Gasteiger partial charge in [0.05, 0.1) is 19.3 Å². The number of rotatable bonds is 7. The van der Waals surface area contributed by atoms with Gasteiger partial charge < -0.3 is 9.47 Å². The number of hydrogen-bond donors (Lipinski definition) is 0. The molecule has 112 valence electrons. The summed E-state index contributed by atoms with van der Waals surface area (Å²) in [6.07, 6.45) is 7.69. The molecule has 1 fully saturated rings. The van der Waals surface area contributed by atoms with Gasteiger partial charge in [-0.3, -0.25) is 0 Å². The molecule has 0 aliphatic carbocycles. The summed E-state index contributed by atoms with van der Waals surface area (Å²) in [5.74, 6) is 0. The topological polar surface area (TPSA) is 18.5 Å². The van der Waals surface area contributed by atoms with Gasteiger partial charge in [-0.05, 0) is 30.4 Å². The minimum absolute atomic E-state index is 0.119. The fourth-order valence-electron chi connectivity index (χ4n) is 2.61. The Morgan fingerprint density at radius 2 is 1.70 bits per heavy atom. The second kappa shape index (κ2) is 8.43. The Labute approximate surface area is 123 Å². The molecule has 2 heteroatoms. The number of aryl methyl sites for hydroxylation is 1. The Kier molecular flexibility index (Phi) is 6.55. The molecule has 2 rings (SSSR count). The molecule has 1 heterocycles. The molecule has 2 atom stereocenters. The van der Waals surface area contributed by atoms with Crippen molar-refractivity contribution >= 4 is 0 Å². The van der Waals surface area contributed by atoms with Crippen molar-refractivity contribution < 1.29 is 9.47 Å². The molecule has 0 amide bonds. The molecule has 0 unspecified atom stereocenters. The van der Waals surface area contributed by atoms with Crippen LogP contribution in [0.25, 0.3) is 0 Å². The highest BCUT2D eigenvalue weighted by atomic mass is 16.6. The third-order valence-electron chi connectivity index (χ3n) is 4.02. The lowest BCUT2D eigenvalue weighted by molar-refractivity contribution is -0.137. The van der Waals surface area contributed by atoms with Crippen LogP contribution in [0.3, 0.4) is 0 Å². The summed E-state index contributed by atoms with van der Waals surface area (Å²) in [4.78, 5) is 0. The van der Waals surface area contributed by atoms with Crippen LogP contribution in [0.4, 0.5) is 0 Å². The van der Waals surface area contributed by atoms with Gasteiger partial charge in [0.1, 0.15) is 6.10 Å². The van der Waals surface area contributed by atoms with Crippen LogP contribution in [-0.4, -0.2) is 19.3 Å². The SMILES string of the molecule is CCCCc1ccc([C@@H]2CO[C@@H](CCCC)CO2)cc1. The largest absolute Gasteiger partial charge is 0.373 e. The zero-order chi connectivity index (χ0) is 14.2. The predicted molar refractivity (Wildman–Crippen MR) is 83.0 cm³/mol. The van der Waals surface area contributed by atoms with E-state index in [1.165, 1.54) is 43.2 Å². The summed E-state index contributed by atoms with van der Waals surface area (Å²) in [6, 6.07) is 8.87. The summed E-state index contributed by atoms with van der Waals surface area (Å²) in [5, 5.41) is 0. The van der Waals surface area contributed by atoms with Crippen molar-refractivity contribution in [2.75, 3.05) is 13.2 Å². The van der Waals surface area contributed by atoms with Crippen LogP contribution in [0.5, 0.6) is 0 Å². The Bertz CT molecular complexity index is 364. The Morgan fingerprint density at radius 1 is 0.950 bits per heavy atom. The molecule has 0 N–H and O–H groups in total. The van der Waals surface area contributed by atoms with Crippen molar-refractivity contribution in [3.8, 4) is 0 Å². The molecule has 1 aliphatic heterocycles. The highest BCUT2D eigenvalue weighted by molar-refractivity contribution is 5.24. The van der Waals surface area contributed by atoms with Gasteiger partial charge in [-0.15, -0.1) is 0 Å². The summed E-state index contributed by atoms with van der Waals surface area (Å²) >= 11 is 0. The first kappa shape index (κ1) is 15.5. The van der Waals surface area contributed by atoms with E-state index in [0.717, 1.165) is 13.0 Å². The van der Waals surface area contributed by atoms with Gasteiger partial charge in [0.15, 0.2) is 0 Å². The van der Waals surface area contributed by atoms with Crippen LogP contribution in [0.15, 0.2) is 24.3 Å². The Hall–Kier alpha value is -0.860. The molecule has 0 aromatic heterocycles. The molecule has 0 saturated carbocycles. The van der Waals surface area contributed by atoms with E-state index in [4.69, 9.17) is 9.47 Å². The molecule has 20 heavy (non-hydrogen) atoms. The molecule has 0 spiro atoms. The summed E-state index contributed by atoms with van der Waals surface area (Å²) in [7, 11) is 0. The van der Waals surface area contributed by atoms with Crippen LogP contribution < -0.4 is 0 Å². The van der Waals surface area contributed by atoms with E-state index in [1.807, 2.05) is 0 Å². The lowest BCUT2D eigenvalue weighted by Gasteiger charge is -2.30. The van der Waals surface area contributed by atoms with Gasteiger partial charge in [-0.1, -0.05) is 57.4 Å². The standard InChI is InChI=1S/C18H28O2/c1-3-5-7-15-9-11-16(12-10-15)18-14-19-17(13-20-18)8-6-4-2/h9-12,17-18H,3-8,13-14H2,1-2H3/t17-,18-/m0/s1. The molecular weight excluding hydrogens is 248 g/mol. The normalized spacial score (nSPS) is 22.9. The molecule has 0 radical (unpaired) electrons. The maximum atomic E-state index is 5.97. The number of benzene rings is 1. The second-order valence-electron chi connectivity index (χ2n) is 5.76. The van der Waals surface area contributed by atoms with E-state index in [0.29, 0.717) is 12.7 Å². The maximum absolute atomic E-state index is 5.97.